The first-order valence-electron chi connectivity index (χ1n) is 4.76. The second kappa shape index (κ2) is 5.29. The van der Waals surface area contributed by atoms with Crippen LogP contribution in [0.1, 0.15) is 0 Å². The second-order valence-electron chi connectivity index (χ2n) is 3.46. The van der Waals surface area contributed by atoms with Crippen molar-refractivity contribution in [3.63, 3.8) is 0 Å². The summed E-state index contributed by atoms with van der Waals surface area (Å²) in [5.41, 5.74) is 10.1. The molecule has 1 unspecified atom stereocenters. The Labute approximate surface area is 103 Å². The van der Waals surface area contributed by atoms with Crippen molar-refractivity contribution in [1.29, 1.82) is 0 Å². The first-order chi connectivity index (χ1) is 8.24. The zero-order chi connectivity index (χ0) is 13.9. The van der Waals surface area contributed by atoms with Gasteiger partial charge < -0.3 is 16.6 Å². The van der Waals surface area contributed by atoms with E-state index in [1.165, 1.54) is 6.07 Å². The van der Waals surface area contributed by atoms with Gasteiger partial charge in [0, 0.05) is 12.2 Å². The summed E-state index contributed by atoms with van der Waals surface area (Å²) in [5.74, 6) is -2.09. The Hall–Kier alpha value is -1.71. The lowest BCUT2D eigenvalue weighted by Gasteiger charge is -2.10. The molecule has 0 heterocycles. The Balaban J connectivity index is 2.93. The number of nitrogen functional groups attached to an aromatic ring is 1. The summed E-state index contributed by atoms with van der Waals surface area (Å²) in [6.45, 7) is -0.647. The molecule has 0 aliphatic heterocycles. The van der Waals surface area contributed by atoms with Crippen LogP contribution in [0, 0.1) is 5.82 Å². The third kappa shape index (κ3) is 3.39. The second-order valence-corrected chi connectivity index (χ2v) is 5.20. The predicted octanol–water partition coefficient (Wildman–Crippen LogP) is -1.47. The van der Waals surface area contributed by atoms with Crippen LogP contribution in [0.4, 0.5) is 10.1 Å². The zero-order valence-electron chi connectivity index (χ0n) is 9.13. The van der Waals surface area contributed by atoms with Crippen molar-refractivity contribution >= 4 is 21.6 Å². The number of anilines is 1. The monoisotopic (exact) mass is 277 g/mol. The van der Waals surface area contributed by atoms with Crippen LogP contribution >= 0.6 is 0 Å². The third-order valence-electron chi connectivity index (χ3n) is 2.04. The number of hydrogen-bond acceptors (Lipinski definition) is 5. The molecule has 100 valence electrons. The third-order valence-corrected chi connectivity index (χ3v) is 3.48. The topological polar surface area (TPSA) is 136 Å². The molecule has 18 heavy (non-hydrogen) atoms. The van der Waals surface area contributed by atoms with Crippen LogP contribution in [0.25, 0.3) is 0 Å². The molecule has 1 aromatic rings. The number of rotatable bonds is 5. The number of halogens is 1. The molecule has 0 saturated carbocycles. The Kier molecular flexibility index (Phi) is 4.22. The fraction of sp³-hybridized carbons (Fsp3) is 0.222. The van der Waals surface area contributed by atoms with Crippen LogP contribution in [0.3, 0.4) is 0 Å². The van der Waals surface area contributed by atoms with E-state index in [4.69, 9.17) is 16.6 Å². The van der Waals surface area contributed by atoms with E-state index in [0.717, 1.165) is 12.1 Å². The van der Waals surface area contributed by atoms with Crippen LogP contribution in [-0.4, -0.2) is 32.1 Å². The van der Waals surface area contributed by atoms with E-state index in [-0.39, 0.29) is 5.69 Å². The molecule has 6 N–H and O–H groups in total. The maximum Gasteiger partial charge on any atom is 0.247 e. The molecule has 0 fully saturated rings. The lowest BCUT2D eigenvalue weighted by atomic mass is 10.3. The average Bonchev–Trinajstić information content (AvgIpc) is 2.29. The number of hydrogen-bond donors (Lipinski definition) is 4. The molecule has 7 nitrogen and oxygen atoms in total. The number of carbonyl (C=O) groups excluding carboxylic acids is 1. The number of nitrogens with two attached hydrogens (primary N) is 2. The molecule has 0 aromatic heterocycles. The first kappa shape index (κ1) is 14.4. The molecule has 1 amide bonds. The lowest BCUT2D eigenvalue weighted by Crippen LogP contribution is -2.40. The van der Waals surface area contributed by atoms with E-state index >= 15 is 0 Å². The number of primary amides is 1. The van der Waals surface area contributed by atoms with Crippen molar-refractivity contribution in [2.75, 3.05) is 12.3 Å². The predicted molar refractivity (Wildman–Crippen MR) is 61.2 cm³/mol. The Morgan fingerprint density at radius 2 is 2.11 bits per heavy atom. The maximum absolute atomic E-state index is 13.3. The summed E-state index contributed by atoms with van der Waals surface area (Å²) in [4.78, 5) is 9.85. The van der Waals surface area contributed by atoms with Gasteiger partial charge in [-0.05, 0) is 18.2 Å². The van der Waals surface area contributed by atoms with E-state index in [9.17, 15) is 17.6 Å². The van der Waals surface area contributed by atoms with E-state index in [2.05, 4.69) is 0 Å². The first-order valence-corrected chi connectivity index (χ1v) is 6.24. The summed E-state index contributed by atoms with van der Waals surface area (Å²) >= 11 is 0. The molecule has 0 aliphatic rings. The summed E-state index contributed by atoms with van der Waals surface area (Å²) in [7, 11) is -4.21. The van der Waals surface area contributed by atoms with Crippen molar-refractivity contribution in [3.05, 3.63) is 24.0 Å². The lowest BCUT2D eigenvalue weighted by molar-refractivity contribution is -0.125. The van der Waals surface area contributed by atoms with Crippen molar-refractivity contribution in [2.45, 2.75) is 11.0 Å². The molecule has 0 saturated heterocycles. The number of carbonyl (C=O) groups is 1. The molecule has 0 spiro atoms. The van der Waals surface area contributed by atoms with Gasteiger partial charge in [-0.2, -0.15) is 0 Å². The zero-order valence-corrected chi connectivity index (χ0v) is 9.95. The highest BCUT2D eigenvalue weighted by Crippen LogP contribution is 2.17. The Bertz CT molecular complexity index is 561. The van der Waals surface area contributed by atoms with Crippen LogP contribution in [-0.2, 0) is 14.8 Å². The molecular formula is C9H12FN3O4S. The van der Waals surface area contributed by atoms with Gasteiger partial charge in [-0.1, -0.05) is 0 Å². The van der Waals surface area contributed by atoms with Crippen molar-refractivity contribution in [1.82, 2.24) is 4.72 Å². The number of nitrogens with one attached hydrogen (secondary N) is 1. The summed E-state index contributed by atoms with van der Waals surface area (Å²) in [6, 6.07) is 3.02. The molecule has 0 aliphatic carbocycles. The van der Waals surface area contributed by atoms with E-state index in [1.807, 2.05) is 4.72 Å². The minimum Gasteiger partial charge on any atom is -0.399 e. The maximum atomic E-state index is 13.3. The standard InChI is InChI=1S/C9H12FN3O4S/c10-6-2-1-5(11)3-8(6)18(16,17)13-4-7(14)9(12)15/h1-3,7,13-14H,4,11H2,(H2,12,15). The highest BCUT2D eigenvalue weighted by atomic mass is 32.2. The summed E-state index contributed by atoms with van der Waals surface area (Å²) in [6.07, 6.45) is -1.69. The van der Waals surface area contributed by atoms with Crippen molar-refractivity contribution < 1.29 is 22.7 Å². The van der Waals surface area contributed by atoms with Gasteiger partial charge in [-0.25, -0.2) is 17.5 Å². The fourth-order valence-corrected chi connectivity index (χ4v) is 2.24. The number of aliphatic hydroxyl groups is 1. The molecule has 1 rings (SSSR count). The molecule has 1 atom stereocenters. The van der Waals surface area contributed by atoms with Gasteiger partial charge in [0.05, 0.1) is 0 Å². The van der Waals surface area contributed by atoms with Crippen LogP contribution in [0.15, 0.2) is 23.1 Å². The minimum atomic E-state index is -4.21. The fourth-order valence-electron chi connectivity index (χ4n) is 1.09. The normalized spacial score (nSPS) is 13.2. The van der Waals surface area contributed by atoms with Gasteiger partial charge in [0.25, 0.3) is 0 Å². The van der Waals surface area contributed by atoms with Crippen molar-refractivity contribution in [3.8, 4) is 0 Å². The minimum absolute atomic E-state index is 0.0622. The van der Waals surface area contributed by atoms with E-state index in [1.54, 1.807) is 0 Å². The average molecular weight is 277 g/mol. The highest BCUT2D eigenvalue weighted by molar-refractivity contribution is 7.89. The largest absolute Gasteiger partial charge is 0.399 e. The molecule has 0 radical (unpaired) electrons. The summed E-state index contributed by atoms with van der Waals surface area (Å²) in [5, 5.41) is 9.04. The Morgan fingerprint density at radius 3 is 2.67 bits per heavy atom. The smallest absolute Gasteiger partial charge is 0.247 e. The number of sulfonamides is 1. The molecule has 9 heteroatoms. The van der Waals surface area contributed by atoms with Crippen LogP contribution in [0.5, 0.6) is 0 Å². The Morgan fingerprint density at radius 1 is 1.50 bits per heavy atom. The van der Waals surface area contributed by atoms with Gasteiger partial charge >= 0.3 is 0 Å². The SMILES string of the molecule is NC(=O)C(O)CNS(=O)(=O)c1cc(N)ccc1F. The number of benzene rings is 1. The quantitative estimate of drug-likeness (QED) is 0.487. The van der Waals surface area contributed by atoms with Gasteiger partial charge in [0.2, 0.25) is 15.9 Å². The number of amides is 1. The van der Waals surface area contributed by atoms with Crippen LogP contribution < -0.4 is 16.2 Å². The van der Waals surface area contributed by atoms with Gasteiger partial charge in [-0.3, -0.25) is 4.79 Å². The molecule has 0 bridgehead atoms. The van der Waals surface area contributed by atoms with Crippen LogP contribution in [0.2, 0.25) is 0 Å². The van der Waals surface area contributed by atoms with E-state index < -0.39 is 39.3 Å². The van der Waals surface area contributed by atoms with E-state index in [0.29, 0.717) is 0 Å². The van der Waals surface area contributed by atoms with Gasteiger partial charge in [0.15, 0.2) is 0 Å². The molecule has 1 aromatic carbocycles. The number of aliphatic hydroxyl groups excluding tert-OH is 1. The molecular weight excluding hydrogens is 265 g/mol. The highest BCUT2D eigenvalue weighted by Gasteiger charge is 2.21. The van der Waals surface area contributed by atoms with Gasteiger partial charge in [-0.15, -0.1) is 0 Å². The van der Waals surface area contributed by atoms with Crippen molar-refractivity contribution in [2.24, 2.45) is 5.73 Å². The summed E-state index contributed by atoms with van der Waals surface area (Å²) < 4.78 is 38.5. The van der Waals surface area contributed by atoms with Gasteiger partial charge in [0.1, 0.15) is 16.8 Å².